The molecule has 0 aromatic heterocycles. The van der Waals surface area contributed by atoms with Gasteiger partial charge in [-0.15, -0.1) is 0 Å². The number of aryl methyl sites for hydroxylation is 1. The topological polar surface area (TPSA) is 47.6 Å². The maximum absolute atomic E-state index is 11.8. The lowest BCUT2D eigenvalue weighted by Gasteiger charge is -2.25. The molecular formula is C14H18ClNO3. The molecule has 0 aliphatic heterocycles. The highest BCUT2D eigenvalue weighted by atomic mass is 35.5. The van der Waals surface area contributed by atoms with Crippen molar-refractivity contribution < 1.29 is 14.4 Å². The number of hydroxylamine groups is 1. The molecule has 1 atom stereocenters. The number of nitrogens with one attached hydrogen (secondary N) is 1. The maximum Gasteiger partial charge on any atom is 0.284 e. The first-order chi connectivity index (χ1) is 9.06. The molecular weight excluding hydrogens is 266 g/mol. The lowest BCUT2D eigenvalue weighted by molar-refractivity contribution is -0.149. The first-order valence-electron chi connectivity index (χ1n) is 6.44. The molecule has 2 rings (SSSR count). The van der Waals surface area contributed by atoms with Crippen LogP contribution in [0.5, 0.6) is 5.75 Å². The zero-order valence-electron chi connectivity index (χ0n) is 11.1. The summed E-state index contributed by atoms with van der Waals surface area (Å²) in [5.74, 6) is 0.372. The number of benzene rings is 1. The van der Waals surface area contributed by atoms with E-state index in [1.165, 1.54) is 0 Å². The lowest BCUT2D eigenvalue weighted by atomic mass is 9.97. The molecule has 0 radical (unpaired) electrons. The molecule has 4 nitrogen and oxygen atoms in total. The fraction of sp³-hybridized carbons (Fsp3) is 0.500. The van der Waals surface area contributed by atoms with Gasteiger partial charge < -0.3 is 4.74 Å². The van der Waals surface area contributed by atoms with E-state index in [1.807, 2.05) is 6.92 Å². The third-order valence-corrected chi connectivity index (χ3v) is 3.42. The Balaban J connectivity index is 1.84. The average molecular weight is 284 g/mol. The number of amides is 1. The summed E-state index contributed by atoms with van der Waals surface area (Å²) in [6.07, 6.45) is 2.72. The van der Waals surface area contributed by atoms with Gasteiger partial charge in [-0.3, -0.25) is 9.63 Å². The second kappa shape index (κ2) is 6.26. The first-order valence-corrected chi connectivity index (χ1v) is 6.82. The second-order valence-electron chi connectivity index (χ2n) is 4.81. The zero-order valence-corrected chi connectivity index (χ0v) is 11.9. The highest BCUT2D eigenvalue weighted by Gasteiger charge is 2.22. The van der Waals surface area contributed by atoms with Gasteiger partial charge in [0.15, 0.2) is 6.10 Å². The summed E-state index contributed by atoms with van der Waals surface area (Å²) in [6.45, 7) is 3.57. The molecule has 0 bridgehead atoms. The number of carbonyl (C=O) groups excluding carboxylic acids is 1. The van der Waals surface area contributed by atoms with Crippen LogP contribution in [0.4, 0.5) is 0 Å². The van der Waals surface area contributed by atoms with E-state index in [1.54, 1.807) is 25.1 Å². The molecule has 1 amide bonds. The first kappa shape index (κ1) is 14.2. The summed E-state index contributed by atoms with van der Waals surface area (Å²) in [6, 6.07) is 5.29. The van der Waals surface area contributed by atoms with Crippen LogP contribution in [0.2, 0.25) is 5.02 Å². The van der Waals surface area contributed by atoms with Crippen LogP contribution in [0.3, 0.4) is 0 Å². The van der Waals surface area contributed by atoms with E-state index in [-0.39, 0.29) is 12.0 Å². The summed E-state index contributed by atoms with van der Waals surface area (Å²) < 4.78 is 5.60. The van der Waals surface area contributed by atoms with Gasteiger partial charge in [0.2, 0.25) is 0 Å². The summed E-state index contributed by atoms with van der Waals surface area (Å²) in [4.78, 5) is 17.0. The van der Waals surface area contributed by atoms with Crippen molar-refractivity contribution in [3.63, 3.8) is 0 Å². The number of rotatable bonds is 5. The van der Waals surface area contributed by atoms with Crippen molar-refractivity contribution in [1.29, 1.82) is 0 Å². The molecule has 1 aromatic carbocycles. The molecule has 0 unspecified atom stereocenters. The molecule has 1 saturated carbocycles. The number of halogens is 1. The third-order valence-electron chi connectivity index (χ3n) is 3.19. The van der Waals surface area contributed by atoms with Crippen LogP contribution in [0.15, 0.2) is 18.2 Å². The van der Waals surface area contributed by atoms with Crippen molar-refractivity contribution in [2.24, 2.45) is 0 Å². The van der Waals surface area contributed by atoms with E-state index in [9.17, 15) is 4.79 Å². The average Bonchev–Trinajstić information content (AvgIpc) is 2.30. The van der Waals surface area contributed by atoms with Crippen LogP contribution < -0.4 is 10.2 Å². The smallest absolute Gasteiger partial charge is 0.284 e. The van der Waals surface area contributed by atoms with Crippen LogP contribution in [0.25, 0.3) is 0 Å². The van der Waals surface area contributed by atoms with Gasteiger partial charge >= 0.3 is 0 Å². The van der Waals surface area contributed by atoms with Crippen molar-refractivity contribution in [3.8, 4) is 5.75 Å². The van der Waals surface area contributed by atoms with E-state index in [0.29, 0.717) is 10.8 Å². The Kier molecular flexibility index (Phi) is 4.66. The van der Waals surface area contributed by atoms with Crippen molar-refractivity contribution in [3.05, 3.63) is 28.8 Å². The standard InChI is InChI=1S/C14H18ClNO3/c1-9-8-11(15)6-7-13(9)18-10(2)14(17)16-19-12-4-3-5-12/h6-8,10,12H,3-5H2,1-2H3,(H,16,17)/t10-/m0/s1. The number of ether oxygens (including phenoxy) is 1. The summed E-state index contributed by atoms with van der Waals surface area (Å²) >= 11 is 5.87. The Morgan fingerprint density at radius 3 is 2.79 bits per heavy atom. The van der Waals surface area contributed by atoms with Gasteiger partial charge in [0.05, 0.1) is 6.10 Å². The van der Waals surface area contributed by atoms with Gasteiger partial charge in [-0.05, 0) is 56.9 Å². The predicted octanol–water partition coefficient (Wildman–Crippen LogP) is 3.02. The van der Waals surface area contributed by atoms with E-state index >= 15 is 0 Å². The Hall–Kier alpha value is -1.26. The minimum Gasteiger partial charge on any atom is -0.481 e. The van der Waals surface area contributed by atoms with Crippen LogP contribution in [0.1, 0.15) is 31.7 Å². The molecule has 1 fully saturated rings. The summed E-state index contributed by atoms with van der Waals surface area (Å²) in [5, 5.41) is 0.648. The molecule has 0 heterocycles. The van der Waals surface area contributed by atoms with Gasteiger partial charge in [-0.25, -0.2) is 5.48 Å². The molecule has 1 aliphatic rings. The number of hydrogen-bond donors (Lipinski definition) is 1. The third kappa shape index (κ3) is 3.85. The fourth-order valence-corrected chi connectivity index (χ4v) is 1.93. The molecule has 1 aliphatic carbocycles. The quantitative estimate of drug-likeness (QED) is 0.845. The Morgan fingerprint density at radius 2 is 2.21 bits per heavy atom. The zero-order chi connectivity index (χ0) is 13.8. The van der Waals surface area contributed by atoms with Gasteiger partial charge in [-0.1, -0.05) is 11.6 Å². The summed E-state index contributed by atoms with van der Waals surface area (Å²) in [7, 11) is 0. The Labute approximate surface area is 118 Å². The van der Waals surface area contributed by atoms with E-state index < -0.39 is 6.10 Å². The van der Waals surface area contributed by atoms with Crippen molar-refractivity contribution in [1.82, 2.24) is 5.48 Å². The molecule has 19 heavy (non-hydrogen) atoms. The van der Waals surface area contributed by atoms with E-state index in [0.717, 1.165) is 24.8 Å². The van der Waals surface area contributed by atoms with Crippen molar-refractivity contribution >= 4 is 17.5 Å². The Bertz CT molecular complexity index is 460. The lowest BCUT2D eigenvalue weighted by Crippen LogP contribution is -2.40. The maximum atomic E-state index is 11.8. The van der Waals surface area contributed by atoms with Crippen LogP contribution in [0, 0.1) is 6.92 Å². The highest BCUT2D eigenvalue weighted by molar-refractivity contribution is 6.30. The summed E-state index contributed by atoms with van der Waals surface area (Å²) in [5.41, 5.74) is 3.34. The second-order valence-corrected chi connectivity index (χ2v) is 5.24. The SMILES string of the molecule is Cc1cc(Cl)ccc1O[C@@H](C)C(=O)NOC1CCC1. The minimum atomic E-state index is -0.611. The van der Waals surface area contributed by atoms with Crippen LogP contribution in [-0.2, 0) is 9.63 Å². The fourth-order valence-electron chi connectivity index (χ4n) is 1.70. The van der Waals surface area contributed by atoms with Crippen molar-refractivity contribution in [2.75, 3.05) is 0 Å². The van der Waals surface area contributed by atoms with Crippen LogP contribution >= 0.6 is 11.6 Å². The van der Waals surface area contributed by atoms with Gasteiger partial charge in [0.1, 0.15) is 5.75 Å². The van der Waals surface area contributed by atoms with Crippen LogP contribution in [-0.4, -0.2) is 18.1 Å². The number of hydrogen-bond acceptors (Lipinski definition) is 3. The normalized spacial score (nSPS) is 16.6. The van der Waals surface area contributed by atoms with Gasteiger partial charge in [-0.2, -0.15) is 0 Å². The monoisotopic (exact) mass is 283 g/mol. The molecule has 5 heteroatoms. The molecule has 104 valence electrons. The minimum absolute atomic E-state index is 0.161. The Morgan fingerprint density at radius 1 is 1.47 bits per heavy atom. The van der Waals surface area contributed by atoms with Gasteiger partial charge in [0, 0.05) is 5.02 Å². The van der Waals surface area contributed by atoms with E-state index in [2.05, 4.69) is 5.48 Å². The number of carbonyl (C=O) groups is 1. The highest BCUT2D eigenvalue weighted by Crippen LogP contribution is 2.23. The predicted molar refractivity (Wildman–Crippen MR) is 73.1 cm³/mol. The largest absolute Gasteiger partial charge is 0.481 e. The molecule has 0 saturated heterocycles. The molecule has 1 aromatic rings. The van der Waals surface area contributed by atoms with E-state index in [4.69, 9.17) is 21.2 Å². The van der Waals surface area contributed by atoms with Gasteiger partial charge in [0.25, 0.3) is 5.91 Å². The van der Waals surface area contributed by atoms with Crippen molar-refractivity contribution in [2.45, 2.75) is 45.3 Å². The molecule has 1 N–H and O–H groups in total. The molecule has 0 spiro atoms.